The van der Waals surface area contributed by atoms with Gasteiger partial charge in [0.1, 0.15) is 0 Å². The minimum Gasteiger partial charge on any atom is -0.459 e. The van der Waals surface area contributed by atoms with Gasteiger partial charge < -0.3 is 20.2 Å². The quantitative estimate of drug-likeness (QED) is 0.705. The number of rotatable bonds is 6. The first-order valence-electron chi connectivity index (χ1n) is 6.54. The first-order chi connectivity index (χ1) is 10.2. The van der Waals surface area contributed by atoms with E-state index in [0.717, 1.165) is 0 Å². The van der Waals surface area contributed by atoms with Crippen LogP contribution in [-0.2, 0) is 0 Å². The lowest BCUT2D eigenvalue weighted by Crippen LogP contribution is -2.24. The van der Waals surface area contributed by atoms with E-state index in [1.807, 2.05) is 0 Å². The summed E-state index contributed by atoms with van der Waals surface area (Å²) in [5.41, 5.74) is 1.06. The fourth-order valence-corrected chi connectivity index (χ4v) is 1.69. The van der Waals surface area contributed by atoms with Crippen molar-refractivity contribution in [2.45, 2.75) is 6.42 Å². The zero-order chi connectivity index (χ0) is 15.1. The normalized spacial score (nSPS) is 10.1. The number of hydrogen-bond donors (Lipinski definition) is 3. The summed E-state index contributed by atoms with van der Waals surface area (Å²) in [6.07, 6.45) is 1.94. The lowest BCUT2D eigenvalue weighted by atomic mass is 10.2. The number of amides is 2. The Morgan fingerprint density at radius 3 is 2.48 bits per heavy atom. The second kappa shape index (κ2) is 7.25. The summed E-state index contributed by atoms with van der Waals surface area (Å²) in [6, 6.07) is 9.72. The molecule has 6 heteroatoms. The summed E-state index contributed by atoms with van der Waals surface area (Å²) in [6.45, 7) is 0.463. The van der Waals surface area contributed by atoms with Crippen LogP contribution in [0.1, 0.15) is 27.3 Å². The fourth-order valence-electron chi connectivity index (χ4n) is 1.69. The molecule has 0 saturated carbocycles. The molecule has 2 aromatic rings. The summed E-state index contributed by atoms with van der Waals surface area (Å²) in [4.78, 5) is 23.5. The molecule has 110 valence electrons. The van der Waals surface area contributed by atoms with E-state index in [2.05, 4.69) is 10.6 Å². The molecule has 2 amide bonds. The van der Waals surface area contributed by atoms with Crippen LogP contribution < -0.4 is 10.6 Å². The highest BCUT2D eigenvalue weighted by atomic mass is 16.3. The van der Waals surface area contributed by atoms with Crippen molar-refractivity contribution in [3.05, 3.63) is 54.0 Å². The number of carbonyl (C=O) groups excluding carboxylic acids is 2. The molecule has 1 heterocycles. The van der Waals surface area contributed by atoms with Gasteiger partial charge in [0.05, 0.1) is 6.26 Å². The predicted octanol–water partition coefficient (Wildman–Crippen LogP) is 1.64. The maximum absolute atomic E-state index is 11.8. The number of benzene rings is 1. The molecule has 0 bridgehead atoms. The highest BCUT2D eigenvalue weighted by Gasteiger charge is 2.09. The molecule has 21 heavy (non-hydrogen) atoms. The lowest BCUT2D eigenvalue weighted by Gasteiger charge is -2.06. The van der Waals surface area contributed by atoms with E-state index in [1.54, 1.807) is 36.4 Å². The molecule has 0 aliphatic carbocycles. The van der Waals surface area contributed by atoms with Crippen molar-refractivity contribution < 1.29 is 19.1 Å². The van der Waals surface area contributed by atoms with E-state index in [0.29, 0.717) is 24.2 Å². The van der Waals surface area contributed by atoms with Crippen molar-refractivity contribution in [3.63, 3.8) is 0 Å². The van der Waals surface area contributed by atoms with Crippen molar-refractivity contribution in [2.75, 3.05) is 18.5 Å². The van der Waals surface area contributed by atoms with Crippen molar-refractivity contribution in [2.24, 2.45) is 0 Å². The second-order valence-electron chi connectivity index (χ2n) is 4.34. The van der Waals surface area contributed by atoms with Crippen LogP contribution in [-0.4, -0.2) is 30.1 Å². The zero-order valence-electron chi connectivity index (χ0n) is 11.3. The lowest BCUT2D eigenvalue weighted by molar-refractivity contribution is 0.0950. The number of aliphatic hydroxyl groups excluding tert-OH is 1. The Bertz CT molecular complexity index is 591. The monoisotopic (exact) mass is 288 g/mol. The molecule has 0 saturated heterocycles. The van der Waals surface area contributed by atoms with Crippen LogP contribution in [0.3, 0.4) is 0 Å². The number of furan rings is 1. The highest BCUT2D eigenvalue weighted by molar-refractivity contribution is 6.02. The Balaban J connectivity index is 1.92. The third kappa shape index (κ3) is 4.19. The molecule has 0 spiro atoms. The van der Waals surface area contributed by atoms with Crippen molar-refractivity contribution in [3.8, 4) is 0 Å². The average Bonchev–Trinajstić information content (AvgIpc) is 3.02. The highest BCUT2D eigenvalue weighted by Crippen LogP contribution is 2.11. The van der Waals surface area contributed by atoms with Crippen molar-refractivity contribution in [1.29, 1.82) is 0 Å². The summed E-state index contributed by atoms with van der Waals surface area (Å²) >= 11 is 0. The Hall–Kier alpha value is -2.60. The van der Waals surface area contributed by atoms with Gasteiger partial charge in [-0.2, -0.15) is 0 Å². The van der Waals surface area contributed by atoms with Crippen LogP contribution in [0.2, 0.25) is 0 Å². The summed E-state index contributed by atoms with van der Waals surface area (Å²) in [7, 11) is 0. The summed E-state index contributed by atoms with van der Waals surface area (Å²) in [5, 5.41) is 14.0. The number of anilines is 1. The first kappa shape index (κ1) is 14.8. The van der Waals surface area contributed by atoms with Crippen LogP contribution in [0, 0.1) is 0 Å². The van der Waals surface area contributed by atoms with E-state index in [9.17, 15) is 9.59 Å². The number of carbonyl (C=O) groups is 2. The molecular formula is C15H16N2O4. The molecule has 0 radical (unpaired) electrons. The van der Waals surface area contributed by atoms with E-state index in [4.69, 9.17) is 9.52 Å². The van der Waals surface area contributed by atoms with Gasteiger partial charge in [0.25, 0.3) is 11.8 Å². The minimum absolute atomic E-state index is 0.0397. The molecule has 0 unspecified atom stereocenters. The third-order valence-corrected chi connectivity index (χ3v) is 2.77. The van der Waals surface area contributed by atoms with Crippen LogP contribution in [0.5, 0.6) is 0 Å². The molecule has 2 rings (SSSR count). The molecule has 0 aliphatic heterocycles. The van der Waals surface area contributed by atoms with E-state index < -0.39 is 0 Å². The maximum Gasteiger partial charge on any atom is 0.291 e. The van der Waals surface area contributed by atoms with Crippen LogP contribution in [0.25, 0.3) is 0 Å². The molecule has 0 fully saturated rings. The Morgan fingerprint density at radius 2 is 1.86 bits per heavy atom. The summed E-state index contributed by atoms with van der Waals surface area (Å²) in [5.74, 6) is -0.340. The number of nitrogens with one attached hydrogen (secondary N) is 2. The molecule has 6 nitrogen and oxygen atoms in total. The van der Waals surface area contributed by atoms with Crippen LogP contribution >= 0.6 is 0 Å². The molecule has 1 aromatic heterocycles. The number of hydrogen-bond acceptors (Lipinski definition) is 4. The second-order valence-corrected chi connectivity index (χ2v) is 4.34. The molecular weight excluding hydrogens is 272 g/mol. The topological polar surface area (TPSA) is 91.6 Å². The van der Waals surface area contributed by atoms with Gasteiger partial charge in [-0.25, -0.2) is 0 Å². The van der Waals surface area contributed by atoms with Crippen LogP contribution in [0.15, 0.2) is 47.1 Å². The summed E-state index contributed by atoms with van der Waals surface area (Å²) < 4.78 is 4.99. The van der Waals surface area contributed by atoms with E-state index >= 15 is 0 Å². The van der Waals surface area contributed by atoms with Gasteiger partial charge in [-0.05, 0) is 42.8 Å². The van der Waals surface area contributed by atoms with E-state index in [-0.39, 0.29) is 24.2 Å². The predicted molar refractivity (Wildman–Crippen MR) is 77.1 cm³/mol. The van der Waals surface area contributed by atoms with Gasteiger partial charge in [0.15, 0.2) is 5.76 Å². The van der Waals surface area contributed by atoms with Gasteiger partial charge in [-0.3, -0.25) is 9.59 Å². The first-order valence-corrected chi connectivity index (χ1v) is 6.54. The van der Waals surface area contributed by atoms with E-state index in [1.165, 1.54) is 6.26 Å². The Labute approximate surface area is 121 Å². The third-order valence-electron chi connectivity index (χ3n) is 2.77. The van der Waals surface area contributed by atoms with Crippen molar-refractivity contribution in [1.82, 2.24) is 5.32 Å². The van der Waals surface area contributed by atoms with Gasteiger partial charge in [-0.15, -0.1) is 0 Å². The maximum atomic E-state index is 11.8. The minimum atomic E-state index is -0.347. The zero-order valence-corrected chi connectivity index (χ0v) is 11.3. The Morgan fingerprint density at radius 1 is 1.10 bits per heavy atom. The Kier molecular flexibility index (Phi) is 5.11. The standard InChI is InChI=1S/C15H16N2O4/c18-9-2-8-16-14(19)11-4-6-12(7-5-11)17-15(20)13-3-1-10-21-13/h1,3-7,10,18H,2,8-9H2,(H,16,19)(H,17,20). The van der Waals surface area contributed by atoms with Gasteiger partial charge >= 0.3 is 0 Å². The number of aliphatic hydroxyl groups is 1. The SMILES string of the molecule is O=C(NCCCO)c1ccc(NC(=O)c2ccco2)cc1. The molecule has 1 aromatic carbocycles. The average molecular weight is 288 g/mol. The smallest absolute Gasteiger partial charge is 0.291 e. The van der Waals surface area contributed by atoms with Crippen LogP contribution in [0.4, 0.5) is 5.69 Å². The molecule has 0 aliphatic rings. The molecule has 0 atom stereocenters. The molecule has 3 N–H and O–H groups in total. The van der Waals surface area contributed by atoms with Crippen molar-refractivity contribution >= 4 is 17.5 Å². The fraction of sp³-hybridized carbons (Fsp3) is 0.200. The van der Waals surface area contributed by atoms with Gasteiger partial charge in [0.2, 0.25) is 0 Å². The van der Waals surface area contributed by atoms with Gasteiger partial charge in [-0.1, -0.05) is 0 Å². The van der Waals surface area contributed by atoms with Gasteiger partial charge in [0, 0.05) is 24.4 Å². The largest absolute Gasteiger partial charge is 0.459 e.